The van der Waals surface area contributed by atoms with E-state index in [9.17, 15) is 4.79 Å². The molecule has 144 valence electrons. The summed E-state index contributed by atoms with van der Waals surface area (Å²) in [5.41, 5.74) is 2.27. The number of nitrogens with two attached hydrogens (primary N) is 1. The maximum absolute atomic E-state index is 13.3. The van der Waals surface area contributed by atoms with Crippen molar-refractivity contribution in [3.63, 3.8) is 0 Å². The third kappa shape index (κ3) is 2.41. The molecule has 6 nitrogen and oxygen atoms in total. The van der Waals surface area contributed by atoms with E-state index in [1.54, 1.807) is 0 Å². The Morgan fingerprint density at radius 3 is 1.75 bits per heavy atom. The van der Waals surface area contributed by atoms with Gasteiger partial charge in [-0.2, -0.15) is 0 Å². The van der Waals surface area contributed by atoms with Gasteiger partial charge in [0.1, 0.15) is 12.1 Å². The van der Waals surface area contributed by atoms with Gasteiger partial charge < -0.3 is 24.3 Å². The monoisotopic (exact) mass is 380 g/mol. The summed E-state index contributed by atoms with van der Waals surface area (Å²) in [6.45, 7) is 0.523. The molecule has 2 aromatic carbocycles. The molecule has 6 heteroatoms. The van der Waals surface area contributed by atoms with Crippen LogP contribution in [0.2, 0.25) is 0 Å². The van der Waals surface area contributed by atoms with Gasteiger partial charge in [-0.1, -0.05) is 6.42 Å². The van der Waals surface area contributed by atoms with Crippen molar-refractivity contribution in [2.45, 2.75) is 31.3 Å². The molecule has 1 saturated carbocycles. The Bertz CT molecular complexity index is 884. The van der Waals surface area contributed by atoms with E-state index in [-0.39, 0.29) is 37.5 Å². The van der Waals surface area contributed by atoms with Crippen LogP contribution in [0.1, 0.15) is 42.5 Å². The fraction of sp³-hybridized carbons (Fsp3) is 0.409. The lowest BCUT2D eigenvalue weighted by Gasteiger charge is -2.42. The number of piperidine rings is 1. The normalized spacial score (nSPS) is 29.8. The Morgan fingerprint density at radius 2 is 1.21 bits per heavy atom. The van der Waals surface area contributed by atoms with E-state index in [0.29, 0.717) is 5.78 Å². The van der Waals surface area contributed by atoms with Crippen LogP contribution in [0.3, 0.4) is 0 Å². The highest BCUT2D eigenvalue weighted by atomic mass is 16.7. The van der Waals surface area contributed by atoms with E-state index in [1.165, 1.54) is 0 Å². The number of ether oxygens (including phenoxy) is 4. The van der Waals surface area contributed by atoms with Crippen LogP contribution in [0.5, 0.6) is 23.0 Å². The molecular formula is C22H22NO5+. The van der Waals surface area contributed by atoms with Crippen LogP contribution in [0, 0.1) is 11.8 Å². The summed E-state index contributed by atoms with van der Waals surface area (Å²) in [4.78, 5) is 13.3. The number of fused-ring (bicyclic) bond motifs is 4. The Morgan fingerprint density at radius 1 is 0.714 bits per heavy atom. The van der Waals surface area contributed by atoms with Gasteiger partial charge >= 0.3 is 0 Å². The quantitative estimate of drug-likeness (QED) is 0.867. The van der Waals surface area contributed by atoms with Crippen LogP contribution in [-0.4, -0.2) is 19.4 Å². The lowest BCUT2D eigenvalue weighted by Crippen LogP contribution is -2.92. The molecule has 1 saturated heterocycles. The van der Waals surface area contributed by atoms with E-state index in [4.69, 9.17) is 18.9 Å². The average molecular weight is 380 g/mol. The molecular weight excluding hydrogens is 358 g/mol. The van der Waals surface area contributed by atoms with Crippen LogP contribution in [-0.2, 0) is 4.79 Å². The maximum atomic E-state index is 13.3. The van der Waals surface area contributed by atoms with Gasteiger partial charge in [0.15, 0.2) is 28.8 Å². The minimum Gasteiger partial charge on any atom is -0.454 e. The predicted molar refractivity (Wildman–Crippen MR) is 98.4 cm³/mol. The Balaban J connectivity index is 1.38. The van der Waals surface area contributed by atoms with Gasteiger partial charge in [0.2, 0.25) is 13.6 Å². The standard InChI is InChI=1S/C22H21NO5/c24-22-14-2-1-3-15(22)21(13-5-7-17-19(9-13)28-11-26-17)23-20(14)12-4-6-16-18(8-12)27-10-25-16/h4-9,14-15,20-21,23H,1-3,10-11H2/p+1/t14-,15+,20-,21-/m0/s1. The summed E-state index contributed by atoms with van der Waals surface area (Å²) in [6, 6.07) is 12.3. The number of quaternary nitrogens is 1. The number of carbonyl (C=O) groups excluding carboxylic acids is 1. The molecule has 2 aromatic rings. The maximum Gasteiger partial charge on any atom is 0.231 e. The molecule has 2 N–H and O–H groups in total. The van der Waals surface area contributed by atoms with Gasteiger partial charge in [-0.3, -0.25) is 4.79 Å². The molecule has 1 aliphatic carbocycles. The topological polar surface area (TPSA) is 70.6 Å². The molecule has 0 amide bonds. The zero-order valence-electron chi connectivity index (χ0n) is 15.4. The van der Waals surface area contributed by atoms with Crippen molar-refractivity contribution in [1.82, 2.24) is 0 Å². The lowest BCUT2D eigenvalue weighted by atomic mass is 9.67. The summed E-state index contributed by atoms with van der Waals surface area (Å²) in [6.07, 6.45) is 3.01. The molecule has 3 heterocycles. The molecule has 4 atom stereocenters. The first-order valence-electron chi connectivity index (χ1n) is 9.96. The first-order valence-corrected chi connectivity index (χ1v) is 9.96. The number of Topliss-reactive ketones (excluding diaryl/α,β-unsaturated/α-hetero) is 1. The molecule has 0 radical (unpaired) electrons. The van der Waals surface area contributed by atoms with Crippen molar-refractivity contribution < 1.29 is 29.1 Å². The van der Waals surface area contributed by atoms with Crippen LogP contribution >= 0.6 is 0 Å². The van der Waals surface area contributed by atoms with Gasteiger partial charge in [0.25, 0.3) is 0 Å². The molecule has 0 unspecified atom stereocenters. The number of hydrogen-bond acceptors (Lipinski definition) is 5. The third-order valence-electron chi connectivity index (χ3n) is 6.61. The molecule has 2 bridgehead atoms. The highest BCUT2D eigenvalue weighted by molar-refractivity contribution is 5.86. The van der Waals surface area contributed by atoms with Crippen molar-refractivity contribution in [1.29, 1.82) is 0 Å². The smallest absolute Gasteiger partial charge is 0.231 e. The largest absolute Gasteiger partial charge is 0.454 e. The summed E-state index contributed by atoms with van der Waals surface area (Å²) < 4.78 is 22.0. The Kier molecular flexibility index (Phi) is 3.56. The van der Waals surface area contributed by atoms with Crippen molar-refractivity contribution in [3.8, 4) is 23.0 Å². The predicted octanol–water partition coefficient (Wildman–Crippen LogP) is 2.49. The number of rotatable bonds is 2. The van der Waals surface area contributed by atoms with E-state index < -0.39 is 0 Å². The van der Waals surface area contributed by atoms with E-state index in [0.717, 1.165) is 53.4 Å². The number of ketones is 1. The zero-order valence-corrected chi connectivity index (χ0v) is 15.4. The second-order valence-electron chi connectivity index (χ2n) is 8.02. The highest BCUT2D eigenvalue weighted by Gasteiger charge is 2.50. The van der Waals surface area contributed by atoms with Crippen molar-refractivity contribution in [2.75, 3.05) is 13.6 Å². The van der Waals surface area contributed by atoms with Crippen LogP contribution in [0.15, 0.2) is 36.4 Å². The Labute approximate surface area is 162 Å². The number of carbonyl (C=O) groups is 1. The molecule has 2 fully saturated rings. The second kappa shape index (κ2) is 6.14. The summed E-state index contributed by atoms with van der Waals surface area (Å²) in [5, 5.41) is 2.38. The number of hydrogen-bond donors (Lipinski definition) is 1. The van der Waals surface area contributed by atoms with Crippen molar-refractivity contribution >= 4 is 5.78 Å². The van der Waals surface area contributed by atoms with Crippen molar-refractivity contribution in [2.24, 2.45) is 11.8 Å². The molecule has 0 aromatic heterocycles. The van der Waals surface area contributed by atoms with Gasteiger partial charge in [0, 0.05) is 11.1 Å². The minimum absolute atomic E-state index is 0.0596. The summed E-state index contributed by atoms with van der Waals surface area (Å²) in [5.74, 6) is 3.62. The van der Waals surface area contributed by atoms with E-state index in [1.807, 2.05) is 24.3 Å². The molecule has 6 rings (SSSR count). The van der Waals surface area contributed by atoms with Gasteiger partial charge in [-0.25, -0.2) is 0 Å². The summed E-state index contributed by atoms with van der Waals surface area (Å²) >= 11 is 0. The first-order chi connectivity index (χ1) is 13.8. The Hall–Kier alpha value is -2.73. The lowest BCUT2D eigenvalue weighted by molar-refractivity contribution is -0.750. The van der Waals surface area contributed by atoms with Crippen molar-refractivity contribution in [3.05, 3.63) is 47.5 Å². The number of benzene rings is 2. The molecule has 28 heavy (non-hydrogen) atoms. The fourth-order valence-corrected chi connectivity index (χ4v) is 5.25. The highest BCUT2D eigenvalue weighted by Crippen LogP contribution is 2.44. The molecule has 3 aliphatic heterocycles. The average Bonchev–Trinajstić information content (AvgIpc) is 3.36. The van der Waals surface area contributed by atoms with Crippen LogP contribution in [0.25, 0.3) is 0 Å². The van der Waals surface area contributed by atoms with Gasteiger partial charge in [-0.15, -0.1) is 0 Å². The molecule has 4 aliphatic rings. The second-order valence-corrected chi connectivity index (χ2v) is 8.02. The fourth-order valence-electron chi connectivity index (χ4n) is 5.25. The SMILES string of the molecule is O=C1[C@H]2CCC[C@@H]1[C@H](c1ccc3c(c1)OCO3)[NH2+][C@H]2c1ccc2c(c1)OCO2. The minimum atomic E-state index is 0.0596. The van der Waals surface area contributed by atoms with E-state index >= 15 is 0 Å². The first kappa shape index (κ1) is 16.2. The van der Waals surface area contributed by atoms with E-state index in [2.05, 4.69) is 17.4 Å². The van der Waals surface area contributed by atoms with Crippen LogP contribution in [0.4, 0.5) is 0 Å². The molecule has 0 spiro atoms. The third-order valence-corrected chi connectivity index (χ3v) is 6.61. The van der Waals surface area contributed by atoms with Gasteiger partial charge in [-0.05, 0) is 49.2 Å². The summed E-state index contributed by atoms with van der Waals surface area (Å²) in [7, 11) is 0. The van der Waals surface area contributed by atoms with Crippen LogP contribution < -0.4 is 24.3 Å². The van der Waals surface area contributed by atoms with Gasteiger partial charge in [0.05, 0.1) is 11.8 Å². The zero-order chi connectivity index (χ0) is 18.7.